The normalized spacial score (nSPS) is 12.2. The van der Waals surface area contributed by atoms with Crippen molar-refractivity contribution < 1.29 is 14.7 Å². The molecule has 7 heteroatoms. The number of methoxy groups -OCH3 is 1. The number of carbonyl (C=O) groups is 1. The number of rotatable bonds is 7. The summed E-state index contributed by atoms with van der Waals surface area (Å²) in [5, 5.41) is 8.76. The minimum Gasteiger partial charge on any atom is -0.497 e. The molecule has 0 aliphatic carbocycles. The van der Waals surface area contributed by atoms with E-state index >= 15 is 0 Å². The van der Waals surface area contributed by atoms with Gasteiger partial charge in [0.2, 0.25) is 0 Å². The lowest BCUT2D eigenvalue weighted by Gasteiger charge is -2.12. The second kappa shape index (κ2) is 8.41. The van der Waals surface area contributed by atoms with Gasteiger partial charge in [0, 0.05) is 13.0 Å². The fourth-order valence-corrected chi connectivity index (χ4v) is 3.21. The third-order valence-corrected chi connectivity index (χ3v) is 5.07. The van der Waals surface area contributed by atoms with Crippen LogP contribution in [0.5, 0.6) is 5.75 Å². The first kappa shape index (κ1) is 19.9. The van der Waals surface area contributed by atoms with Gasteiger partial charge in [0.15, 0.2) is 0 Å². The van der Waals surface area contributed by atoms with E-state index in [0.717, 1.165) is 28.2 Å². The van der Waals surface area contributed by atoms with E-state index in [-0.39, 0.29) is 0 Å². The number of carbonyl (C=O) groups excluding carboxylic acids is 1. The predicted molar refractivity (Wildman–Crippen MR) is 108 cm³/mol. The third kappa shape index (κ3) is 4.16. The summed E-state index contributed by atoms with van der Waals surface area (Å²) in [5.74, 6) is 1.08. The Morgan fingerprint density at radius 1 is 1.25 bits per heavy atom. The number of hydrogen-bond acceptors (Lipinski definition) is 5. The van der Waals surface area contributed by atoms with E-state index in [1.54, 1.807) is 12.6 Å². The number of hydroxylamine groups is 1. The van der Waals surface area contributed by atoms with Gasteiger partial charge in [-0.05, 0) is 61.2 Å². The van der Waals surface area contributed by atoms with Gasteiger partial charge < -0.3 is 15.0 Å². The summed E-state index contributed by atoms with van der Waals surface area (Å²) in [6.45, 7) is 4.80. The van der Waals surface area contributed by atoms with Crippen molar-refractivity contribution in [2.75, 3.05) is 7.11 Å². The summed E-state index contributed by atoms with van der Waals surface area (Å²) in [4.78, 5) is 16.3. The number of fused-ring (bicyclic) bond motifs is 1. The van der Waals surface area contributed by atoms with Gasteiger partial charge >= 0.3 is 0 Å². The Labute approximate surface area is 164 Å². The Morgan fingerprint density at radius 3 is 2.57 bits per heavy atom. The van der Waals surface area contributed by atoms with Crippen LogP contribution in [0.15, 0.2) is 36.4 Å². The summed E-state index contributed by atoms with van der Waals surface area (Å²) < 4.78 is 7.39. The van der Waals surface area contributed by atoms with Gasteiger partial charge in [-0.1, -0.05) is 12.1 Å². The average molecular weight is 382 g/mol. The number of benzene rings is 2. The highest BCUT2D eigenvalue weighted by Gasteiger charge is 2.17. The highest BCUT2D eigenvalue weighted by Crippen LogP contribution is 2.23. The van der Waals surface area contributed by atoms with Crippen LogP contribution < -0.4 is 16.0 Å². The zero-order valence-corrected chi connectivity index (χ0v) is 16.4. The molecule has 1 atom stereocenters. The van der Waals surface area contributed by atoms with Crippen molar-refractivity contribution >= 4 is 16.9 Å². The van der Waals surface area contributed by atoms with E-state index in [1.165, 1.54) is 11.1 Å². The fraction of sp³-hybridized carbons (Fsp3) is 0.333. The van der Waals surface area contributed by atoms with E-state index in [9.17, 15) is 4.79 Å². The molecule has 0 aliphatic rings. The molecule has 3 aromatic rings. The molecule has 0 saturated heterocycles. The number of imidazole rings is 1. The maximum atomic E-state index is 11.5. The van der Waals surface area contributed by atoms with Crippen LogP contribution in [-0.2, 0) is 17.8 Å². The van der Waals surface area contributed by atoms with Crippen LogP contribution in [0.1, 0.15) is 28.9 Å². The van der Waals surface area contributed by atoms with E-state index < -0.39 is 11.9 Å². The van der Waals surface area contributed by atoms with Gasteiger partial charge in [0.25, 0.3) is 5.91 Å². The molecule has 1 aromatic heterocycles. The Bertz CT molecular complexity index is 979. The van der Waals surface area contributed by atoms with Crippen molar-refractivity contribution in [1.29, 1.82) is 0 Å². The quantitative estimate of drug-likeness (QED) is 0.430. The Hall–Kier alpha value is -2.90. The smallest absolute Gasteiger partial charge is 0.260 e. The minimum atomic E-state index is -0.789. The molecular weight excluding hydrogens is 356 g/mol. The topological polar surface area (TPSA) is 102 Å². The lowest BCUT2D eigenvalue weighted by Crippen LogP contribution is -2.39. The van der Waals surface area contributed by atoms with Gasteiger partial charge in [-0.2, -0.15) is 0 Å². The summed E-state index contributed by atoms with van der Waals surface area (Å²) in [6.07, 6.45) is 0.911. The first-order valence-corrected chi connectivity index (χ1v) is 9.21. The largest absolute Gasteiger partial charge is 0.497 e. The van der Waals surface area contributed by atoms with Gasteiger partial charge in [-0.15, -0.1) is 0 Å². The molecule has 1 unspecified atom stereocenters. The van der Waals surface area contributed by atoms with Crippen molar-refractivity contribution in [3.8, 4) is 5.75 Å². The van der Waals surface area contributed by atoms with Crippen LogP contribution in [0.3, 0.4) is 0 Å². The van der Waals surface area contributed by atoms with Crippen LogP contribution in [0.25, 0.3) is 11.0 Å². The second-order valence-corrected chi connectivity index (χ2v) is 7.01. The molecule has 0 fully saturated rings. The van der Waals surface area contributed by atoms with Crippen LogP contribution in [0.4, 0.5) is 0 Å². The highest BCUT2D eigenvalue weighted by atomic mass is 16.5. The molecule has 4 N–H and O–H groups in total. The molecule has 1 amide bonds. The molecule has 7 nitrogen and oxygen atoms in total. The first-order chi connectivity index (χ1) is 13.4. The second-order valence-electron chi connectivity index (χ2n) is 7.01. The summed E-state index contributed by atoms with van der Waals surface area (Å²) in [6, 6.07) is 11.4. The van der Waals surface area contributed by atoms with Crippen molar-refractivity contribution in [3.05, 3.63) is 58.9 Å². The predicted octanol–water partition coefficient (Wildman–Crippen LogP) is 2.48. The van der Waals surface area contributed by atoms with Crippen molar-refractivity contribution in [2.24, 2.45) is 5.73 Å². The molecule has 2 aromatic carbocycles. The van der Waals surface area contributed by atoms with E-state index in [1.807, 2.05) is 24.3 Å². The van der Waals surface area contributed by atoms with Crippen LogP contribution in [-0.4, -0.2) is 33.8 Å². The number of hydrogen-bond donors (Lipinski definition) is 3. The van der Waals surface area contributed by atoms with Crippen molar-refractivity contribution in [2.45, 2.75) is 39.3 Å². The maximum absolute atomic E-state index is 11.5. The average Bonchev–Trinajstić information content (AvgIpc) is 3.02. The molecule has 0 spiro atoms. The van der Waals surface area contributed by atoms with Crippen molar-refractivity contribution in [1.82, 2.24) is 15.0 Å². The van der Waals surface area contributed by atoms with Crippen LogP contribution in [0, 0.1) is 13.8 Å². The van der Waals surface area contributed by atoms with Crippen molar-refractivity contribution in [3.63, 3.8) is 0 Å². The number of nitrogens with two attached hydrogens (primary N) is 1. The fourth-order valence-electron chi connectivity index (χ4n) is 3.21. The first-order valence-electron chi connectivity index (χ1n) is 9.21. The molecule has 0 aliphatic heterocycles. The SMILES string of the molecule is COc1ccc(Cn2c(CCC(N)C(=O)NO)nc3cc(C)c(C)cc32)cc1. The molecule has 148 valence electrons. The summed E-state index contributed by atoms with van der Waals surface area (Å²) in [5.41, 5.74) is 12.9. The van der Waals surface area contributed by atoms with E-state index in [2.05, 4.69) is 30.5 Å². The lowest BCUT2D eigenvalue weighted by molar-refractivity contribution is -0.130. The molecule has 0 radical (unpaired) electrons. The van der Waals surface area contributed by atoms with Gasteiger partial charge in [-0.3, -0.25) is 10.0 Å². The van der Waals surface area contributed by atoms with Crippen LogP contribution in [0.2, 0.25) is 0 Å². The third-order valence-electron chi connectivity index (χ3n) is 5.07. The number of amides is 1. The van der Waals surface area contributed by atoms with E-state index in [0.29, 0.717) is 19.4 Å². The van der Waals surface area contributed by atoms with Gasteiger partial charge in [-0.25, -0.2) is 10.5 Å². The highest BCUT2D eigenvalue weighted by molar-refractivity contribution is 5.80. The number of nitrogens with one attached hydrogen (secondary N) is 1. The lowest BCUT2D eigenvalue weighted by atomic mass is 10.1. The molecule has 3 rings (SSSR count). The minimum absolute atomic E-state index is 0.385. The number of nitrogens with zero attached hydrogens (tertiary/aromatic N) is 2. The van der Waals surface area contributed by atoms with Gasteiger partial charge in [0.05, 0.1) is 24.2 Å². The number of ether oxygens (including phenoxy) is 1. The molecule has 28 heavy (non-hydrogen) atoms. The van der Waals surface area contributed by atoms with Crippen LogP contribution >= 0.6 is 0 Å². The Morgan fingerprint density at radius 2 is 1.93 bits per heavy atom. The Balaban J connectivity index is 1.96. The van der Waals surface area contributed by atoms with Gasteiger partial charge in [0.1, 0.15) is 11.6 Å². The zero-order valence-electron chi connectivity index (χ0n) is 16.4. The molecule has 0 bridgehead atoms. The number of aryl methyl sites for hydroxylation is 3. The maximum Gasteiger partial charge on any atom is 0.260 e. The molecule has 0 saturated carbocycles. The standard InChI is InChI=1S/C21H26N4O3/c1-13-10-18-19(11-14(13)2)25(12-15-4-6-16(28-3)7-5-15)20(23-18)9-8-17(22)21(26)24-27/h4-7,10-11,17,27H,8-9,12,22H2,1-3H3,(H,24,26). The summed E-state index contributed by atoms with van der Waals surface area (Å²) >= 11 is 0. The zero-order chi connectivity index (χ0) is 20.3. The monoisotopic (exact) mass is 382 g/mol. The number of aromatic nitrogens is 2. The summed E-state index contributed by atoms with van der Waals surface area (Å²) in [7, 11) is 1.65. The Kier molecular flexibility index (Phi) is 5.96. The molecular formula is C21H26N4O3. The van der Waals surface area contributed by atoms with E-state index in [4.69, 9.17) is 20.7 Å². The molecule has 1 heterocycles.